The maximum atomic E-state index is 11.3. The molecule has 92 valence electrons. The third kappa shape index (κ3) is 2.09. The van der Waals surface area contributed by atoms with Crippen LogP contribution in [0.3, 0.4) is 0 Å². The Hall–Kier alpha value is -0.950. The standard InChI is InChI=1S/C10H11NO4S2/c1-4(12)5(2)16-10-8(9(14)15)11-6(13)3-7(11)17-10/h5,7H,3H2,1-2H3,(H,14,15)/t5?,7-/m0/s1. The van der Waals surface area contributed by atoms with Crippen LogP contribution in [-0.2, 0) is 14.4 Å². The van der Waals surface area contributed by atoms with Gasteiger partial charge in [-0.25, -0.2) is 4.79 Å². The first-order chi connectivity index (χ1) is 7.91. The molecule has 0 aromatic rings. The molecule has 0 aliphatic carbocycles. The molecule has 2 rings (SSSR count). The Morgan fingerprint density at radius 2 is 2.24 bits per heavy atom. The van der Waals surface area contributed by atoms with Gasteiger partial charge in [0.25, 0.3) is 0 Å². The fraction of sp³-hybridized carbons (Fsp3) is 0.500. The molecule has 2 heterocycles. The number of carbonyl (C=O) groups excluding carboxylic acids is 2. The zero-order chi connectivity index (χ0) is 12.7. The number of hydrogen-bond acceptors (Lipinski definition) is 5. The molecule has 2 aliphatic heterocycles. The van der Waals surface area contributed by atoms with Crippen LogP contribution in [0, 0.1) is 0 Å². The molecule has 1 N–H and O–H groups in total. The molecule has 0 spiro atoms. The van der Waals surface area contributed by atoms with Crippen molar-refractivity contribution < 1.29 is 19.5 Å². The van der Waals surface area contributed by atoms with E-state index in [1.54, 1.807) is 6.92 Å². The number of β-lactam (4-membered cyclic amide) rings is 1. The smallest absolute Gasteiger partial charge is 0.354 e. The molecule has 17 heavy (non-hydrogen) atoms. The van der Waals surface area contributed by atoms with E-state index >= 15 is 0 Å². The number of thioether (sulfide) groups is 2. The molecule has 0 aromatic heterocycles. The number of carboxylic acids is 1. The quantitative estimate of drug-likeness (QED) is 0.777. The van der Waals surface area contributed by atoms with Gasteiger partial charge in [0.2, 0.25) is 5.91 Å². The second-order valence-electron chi connectivity index (χ2n) is 3.85. The van der Waals surface area contributed by atoms with Gasteiger partial charge in [0.1, 0.15) is 5.78 Å². The van der Waals surface area contributed by atoms with Crippen LogP contribution in [0.1, 0.15) is 20.3 Å². The highest BCUT2D eigenvalue weighted by Crippen LogP contribution is 2.51. The van der Waals surface area contributed by atoms with Crippen molar-refractivity contribution in [1.29, 1.82) is 0 Å². The maximum absolute atomic E-state index is 11.3. The van der Waals surface area contributed by atoms with Gasteiger partial charge in [-0.2, -0.15) is 0 Å². The largest absolute Gasteiger partial charge is 0.477 e. The lowest BCUT2D eigenvalue weighted by atomic mass is 10.2. The van der Waals surface area contributed by atoms with E-state index < -0.39 is 5.97 Å². The Kier molecular flexibility index (Phi) is 3.22. The zero-order valence-corrected chi connectivity index (χ0v) is 10.9. The van der Waals surface area contributed by atoms with Crippen LogP contribution < -0.4 is 0 Å². The van der Waals surface area contributed by atoms with Gasteiger partial charge in [0, 0.05) is 0 Å². The molecule has 1 amide bonds. The molecule has 1 fully saturated rings. The van der Waals surface area contributed by atoms with Crippen molar-refractivity contribution in [2.75, 3.05) is 0 Å². The van der Waals surface area contributed by atoms with Crippen molar-refractivity contribution in [3.8, 4) is 0 Å². The number of carbonyl (C=O) groups is 3. The van der Waals surface area contributed by atoms with Gasteiger partial charge < -0.3 is 5.11 Å². The maximum Gasteiger partial charge on any atom is 0.354 e. The SMILES string of the molecule is CC(=O)C(C)SC1=C(C(=O)O)N2C(=O)C[C@@H]2S1. The number of aliphatic carboxylic acids is 1. The van der Waals surface area contributed by atoms with E-state index in [0.717, 1.165) is 0 Å². The molecule has 2 aliphatic rings. The van der Waals surface area contributed by atoms with Crippen molar-refractivity contribution in [2.24, 2.45) is 0 Å². The molecule has 0 saturated carbocycles. The summed E-state index contributed by atoms with van der Waals surface area (Å²) in [5.41, 5.74) is 0.0364. The minimum atomic E-state index is -1.11. The zero-order valence-electron chi connectivity index (χ0n) is 9.30. The highest BCUT2D eigenvalue weighted by molar-refractivity contribution is 8.23. The molecular formula is C10H11NO4S2. The van der Waals surface area contributed by atoms with Gasteiger partial charge in [-0.1, -0.05) is 11.8 Å². The van der Waals surface area contributed by atoms with Crippen LogP contribution in [0.5, 0.6) is 0 Å². The molecule has 5 nitrogen and oxygen atoms in total. The summed E-state index contributed by atoms with van der Waals surface area (Å²) in [6.07, 6.45) is 0.375. The second kappa shape index (κ2) is 4.38. The summed E-state index contributed by atoms with van der Waals surface area (Å²) in [6, 6.07) is 0. The topological polar surface area (TPSA) is 74.7 Å². The summed E-state index contributed by atoms with van der Waals surface area (Å²) < 4.78 is 0.566. The van der Waals surface area contributed by atoms with E-state index in [9.17, 15) is 14.4 Å². The monoisotopic (exact) mass is 273 g/mol. The fourth-order valence-electron chi connectivity index (χ4n) is 1.55. The lowest BCUT2D eigenvalue weighted by Gasteiger charge is -2.33. The number of fused-ring (bicyclic) bond motifs is 1. The third-order valence-corrected chi connectivity index (χ3v) is 5.37. The molecule has 2 atom stereocenters. The van der Waals surface area contributed by atoms with Crippen LogP contribution >= 0.6 is 23.5 Å². The summed E-state index contributed by atoms with van der Waals surface area (Å²) in [5.74, 6) is -1.27. The molecule has 1 saturated heterocycles. The lowest BCUT2D eigenvalue weighted by Crippen LogP contribution is -2.48. The molecule has 0 bridgehead atoms. The number of ketones is 1. The van der Waals surface area contributed by atoms with Gasteiger partial charge in [-0.3, -0.25) is 14.5 Å². The average Bonchev–Trinajstić information content (AvgIpc) is 2.51. The Morgan fingerprint density at radius 3 is 2.71 bits per heavy atom. The Bertz CT molecular complexity index is 446. The van der Waals surface area contributed by atoms with Crippen LogP contribution in [0.2, 0.25) is 0 Å². The van der Waals surface area contributed by atoms with Gasteiger partial charge >= 0.3 is 5.97 Å². The van der Waals surface area contributed by atoms with E-state index in [1.807, 2.05) is 0 Å². The van der Waals surface area contributed by atoms with Gasteiger partial charge in [0.05, 0.1) is 21.3 Å². The van der Waals surface area contributed by atoms with Crippen molar-refractivity contribution >= 4 is 41.2 Å². The number of rotatable bonds is 4. The first-order valence-electron chi connectivity index (χ1n) is 5.05. The van der Waals surface area contributed by atoms with Crippen LogP contribution in [0.4, 0.5) is 0 Å². The summed E-state index contributed by atoms with van der Waals surface area (Å²) in [7, 11) is 0. The first kappa shape index (κ1) is 12.5. The van der Waals surface area contributed by atoms with E-state index in [2.05, 4.69) is 0 Å². The normalized spacial score (nSPS) is 24.5. The fourth-order valence-corrected chi connectivity index (χ4v) is 4.42. The first-order valence-corrected chi connectivity index (χ1v) is 6.81. The number of hydrogen-bond donors (Lipinski definition) is 1. The minimum Gasteiger partial charge on any atom is -0.477 e. The van der Waals surface area contributed by atoms with Crippen molar-refractivity contribution in [3.63, 3.8) is 0 Å². The van der Waals surface area contributed by atoms with Gasteiger partial charge in [-0.05, 0) is 13.8 Å². The Morgan fingerprint density at radius 1 is 1.59 bits per heavy atom. The predicted octanol–water partition coefficient (Wildman–Crippen LogP) is 1.26. The van der Waals surface area contributed by atoms with Crippen molar-refractivity contribution in [1.82, 2.24) is 4.90 Å². The number of amides is 1. The summed E-state index contributed by atoms with van der Waals surface area (Å²) in [5, 5.41) is 8.73. The van der Waals surface area contributed by atoms with E-state index in [1.165, 1.54) is 35.3 Å². The summed E-state index contributed by atoms with van der Waals surface area (Å²) in [6.45, 7) is 3.20. The molecular weight excluding hydrogens is 262 g/mol. The summed E-state index contributed by atoms with van der Waals surface area (Å²) >= 11 is 2.58. The lowest BCUT2D eigenvalue weighted by molar-refractivity contribution is -0.145. The number of carboxylic acid groups (broad SMARTS) is 1. The highest BCUT2D eigenvalue weighted by atomic mass is 32.2. The van der Waals surface area contributed by atoms with E-state index in [0.29, 0.717) is 10.7 Å². The number of Topliss-reactive ketones (excluding diaryl/α,β-unsaturated/α-hetero) is 1. The van der Waals surface area contributed by atoms with E-state index in [4.69, 9.17) is 5.11 Å². The molecule has 1 unspecified atom stereocenters. The highest BCUT2D eigenvalue weighted by Gasteiger charge is 2.48. The molecule has 0 radical (unpaired) electrons. The second-order valence-corrected chi connectivity index (χ2v) is 6.65. The molecule has 7 heteroatoms. The Labute approximate surface area is 107 Å². The van der Waals surface area contributed by atoms with Crippen LogP contribution in [-0.4, -0.2) is 38.3 Å². The van der Waals surface area contributed by atoms with Crippen molar-refractivity contribution in [3.05, 3.63) is 9.93 Å². The van der Waals surface area contributed by atoms with Crippen LogP contribution in [0.25, 0.3) is 0 Å². The van der Waals surface area contributed by atoms with Gasteiger partial charge in [-0.15, -0.1) is 11.8 Å². The average molecular weight is 273 g/mol. The van der Waals surface area contributed by atoms with Crippen molar-refractivity contribution in [2.45, 2.75) is 30.9 Å². The van der Waals surface area contributed by atoms with Crippen LogP contribution in [0.15, 0.2) is 9.93 Å². The number of nitrogens with zero attached hydrogens (tertiary/aromatic N) is 1. The van der Waals surface area contributed by atoms with Gasteiger partial charge in [0.15, 0.2) is 5.70 Å². The minimum absolute atomic E-state index is 0.00610. The molecule has 0 aromatic carbocycles. The third-order valence-electron chi connectivity index (χ3n) is 2.64. The predicted molar refractivity (Wildman–Crippen MR) is 65.2 cm³/mol. The Balaban J connectivity index is 2.23. The summed E-state index contributed by atoms with van der Waals surface area (Å²) in [4.78, 5) is 34.9. The van der Waals surface area contributed by atoms with E-state index in [-0.39, 0.29) is 28.0 Å².